The van der Waals surface area contributed by atoms with Gasteiger partial charge in [0.05, 0.1) is 25.3 Å². The average Bonchev–Trinajstić information content (AvgIpc) is 2.48. The molecule has 1 aliphatic heterocycles. The van der Waals surface area contributed by atoms with Crippen LogP contribution in [0.3, 0.4) is 0 Å². The van der Waals surface area contributed by atoms with Gasteiger partial charge >= 0.3 is 6.09 Å². The number of rotatable bonds is 3. The van der Waals surface area contributed by atoms with Crippen molar-refractivity contribution in [2.24, 2.45) is 0 Å². The SMILES string of the molecule is CC(C)(C)OC(=O)N1CCO[C@H](C(=O)Cc2nccnc2N)C1. The van der Waals surface area contributed by atoms with Gasteiger partial charge in [0.2, 0.25) is 0 Å². The predicted molar refractivity (Wildman–Crippen MR) is 82.7 cm³/mol. The number of anilines is 1. The van der Waals surface area contributed by atoms with Gasteiger partial charge in [-0.05, 0) is 20.8 Å². The summed E-state index contributed by atoms with van der Waals surface area (Å²) in [5.74, 6) is 0.0334. The summed E-state index contributed by atoms with van der Waals surface area (Å²) in [5.41, 5.74) is 5.52. The minimum Gasteiger partial charge on any atom is -0.444 e. The van der Waals surface area contributed by atoms with Crippen LogP contribution < -0.4 is 5.73 Å². The Morgan fingerprint density at radius 1 is 1.39 bits per heavy atom. The van der Waals surface area contributed by atoms with Crippen LogP contribution in [0.15, 0.2) is 12.4 Å². The molecule has 2 N–H and O–H groups in total. The van der Waals surface area contributed by atoms with Crippen molar-refractivity contribution in [2.75, 3.05) is 25.4 Å². The number of nitrogens with two attached hydrogens (primary N) is 1. The van der Waals surface area contributed by atoms with Crippen LogP contribution in [0.1, 0.15) is 26.5 Å². The van der Waals surface area contributed by atoms with Gasteiger partial charge in [0.15, 0.2) is 5.78 Å². The Bertz CT molecular complexity index is 585. The van der Waals surface area contributed by atoms with E-state index in [9.17, 15) is 9.59 Å². The molecule has 2 heterocycles. The predicted octanol–water partition coefficient (Wildman–Crippen LogP) is 0.806. The number of hydrogen-bond donors (Lipinski definition) is 1. The van der Waals surface area contributed by atoms with Crippen molar-refractivity contribution in [1.82, 2.24) is 14.9 Å². The zero-order chi connectivity index (χ0) is 17.0. The first kappa shape index (κ1) is 17.1. The summed E-state index contributed by atoms with van der Waals surface area (Å²) >= 11 is 0. The molecule has 1 fully saturated rings. The molecule has 8 heteroatoms. The lowest BCUT2D eigenvalue weighted by Gasteiger charge is -2.33. The zero-order valence-electron chi connectivity index (χ0n) is 13.6. The van der Waals surface area contributed by atoms with Crippen LogP contribution in [0.2, 0.25) is 0 Å². The van der Waals surface area contributed by atoms with Gasteiger partial charge in [0.1, 0.15) is 17.5 Å². The van der Waals surface area contributed by atoms with Gasteiger partial charge in [0, 0.05) is 18.9 Å². The van der Waals surface area contributed by atoms with E-state index >= 15 is 0 Å². The number of aromatic nitrogens is 2. The van der Waals surface area contributed by atoms with E-state index in [0.29, 0.717) is 12.2 Å². The first-order chi connectivity index (χ1) is 10.8. The van der Waals surface area contributed by atoms with Crippen LogP contribution in [0.4, 0.5) is 10.6 Å². The third-order valence-corrected chi connectivity index (χ3v) is 3.23. The molecule has 1 amide bonds. The molecule has 2 rings (SSSR count). The fourth-order valence-corrected chi connectivity index (χ4v) is 2.13. The molecule has 126 valence electrons. The number of carbonyl (C=O) groups is 2. The summed E-state index contributed by atoms with van der Waals surface area (Å²) < 4.78 is 10.8. The van der Waals surface area contributed by atoms with E-state index in [0.717, 1.165) is 0 Å². The Morgan fingerprint density at radius 2 is 2.09 bits per heavy atom. The summed E-state index contributed by atoms with van der Waals surface area (Å²) in [4.78, 5) is 33.9. The van der Waals surface area contributed by atoms with Crippen molar-refractivity contribution >= 4 is 17.7 Å². The van der Waals surface area contributed by atoms with Gasteiger partial charge in [-0.1, -0.05) is 0 Å². The minimum absolute atomic E-state index is 0.0203. The second-order valence-corrected chi connectivity index (χ2v) is 6.32. The Labute approximate surface area is 135 Å². The highest BCUT2D eigenvalue weighted by Crippen LogP contribution is 2.15. The Kier molecular flexibility index (Phi) is 5.15. The van der Waals surface area contributed by atoms with Crippen LogP contribution in [-0.2, 0) is 20.7 Å². The van der Waals surface area contributed by atoms with Crippen molar-refractivity contribution in [3.63, 3.8) is 0 Å². The van der Waals surface area contributed by atoms with Gasteiger partial charge in [-0.15, -0.1) is 0 Å². The van der Waals surface area contributed by atoms with Crippen LogP contribution in [0.5, 0.6) is 0 Å². The molecule has 0 spiro atoms. The van der Waals surface area contributed by atoms with Crippen molar-refractivity contribution in [3.8, 4) is 0 Å². The Hall–Kier alpha value is -2.22. The van der Waals surface area contributed by atoms with E-state index in [4.69, 9.17) is 15.2 Å². The standard InChI is InChI=1S/C15H22N4O4/c1-15(2,3)23-14(21)19-6-7-22-12(9-19)11(20)8-10-13(16)18-5-4-17-10/h4-5,12H,6-9H2,1-3H3,(H2,16,18)/t12-/m0/s1. The number of morpholine rings is 1. The number of nitrogens with zero attached hydrogens (tertiary/aromatic N) is 3. The number of hydrogen-bond acceptors (Lipinski definition) is 7. The third kappa shape index (κ3) is 4.88. The topological polar surface area (TPSA) is 108 Å². The van der Waals surface area contributed by atoms with E-state index < -0.39 is 17.8 Å². The van der Waals surface area contributed by atoms with Crippen LogP contribution in [-0.4, -0.2) is 58.1 Å². The van der Waals surface area contributed by atoms with E-state index in [1.807, 2.05) is 0 Å². The molecule has 0 aromatic carbocycles. The lowest BCUT2D eigenvalue weighted by molar-refractivity contribution is -0.135. The number of ketones is 1. The molecular formula is C15H22N4O4. The van der Waals surface area contributed by atoms with Gasteiger partial charge in [-0.25, -0.2) is 9.78 Å². The van der Waals surface area contributed by atoms with Gasteiger partial charge in [-0.3, -0.25) is 9.78 Å². The lowest BCUT2D eigenvalue weighted by Crippen LogP contribution is -2.50. The summed E-state index contributed by atoms with van der Waals surface area (Å²) in [6, 6.07) is 0. The van der Waals surface area contributed by atoms with Gasteiger partial charge in [0.25, 0.3) is 0 Å². The van der Waals surface area contributed by atoms with Crippen molar-refractivity contribution < 1.29 is 19.1 Å². The van der Waals surface area contributed by atoms with Crippen LogP contribution in [0.25, 0.3) is 0 Å². The Balaban J connectivity index is 1.96. The molecule has 0 saturated carbocycles. The van der Waals surface area contributed by atoms with Crippen molar-refractivity contribution in [3.05, 3.63) is 18.1 Å². The van der Waals surface area contributed by atoms with Gasteiger partial charge < -0.3 is 20.1 Å². The van der Waals surface area contributed by atoms with Crippen molar-refractivity contribution in [2.45, 2.75) is 38.9 Å². The summed E-state index contributed by atoms with van der Waals surface area (Å²) in [6.45, 7) is 6.23. The largest absolute Gasteiger partial charge is 0.444 e. The molecule has 0 unspecified atom stereocenters. The molecule has 23 heavy (non-hydrogen) atoms. The third-order valence-electron chi connectivity index (χ3n) is 3.23. The van der Waals surface area contributed by atoms with Crippen LogP contribution >= 0.6 is 0 Å². The molecule has 0 aliphatic carbocycles. The molecule has 1 aromatic heterocycles. The normalized spacial score (nSPS) is 18.6. The molecule has 1 atom stereocenters. The summed E-state index contributed by atoms with van der Waals surface area (Å²) in [6.07, 6.45) is 1.81. The molecule has 0 radical (unpaired) electrons. The zero-order valence-corrected chi connectivity index (χ0v) is 13.6. The summed E-state index contributed by atoms with van der Waals surface area (Å²) in [5, 5.41) is 0. The van der Waals surface area contributed by atoms with E-state index in [-0.39, 0.29) is 31.2 Å². The average molecular weight is 322 g/mol. The highest BCUT2D eigenvalue weighted by Gasteiger charge is 2.32. The Morgan fingerprint density at radius 3 is 2.74 bits per heavy atom. The molecule has 1 aliphatic rings. The fraction of sp³-hybridized carbons (Fsp3) is 0.600. The number of ether oxygens (including phenoxy) is 2. The quantitative estimate of drug-likeness (QED) is 0.877. The number of nitrogen functional groups attached to an aromatic ring is 1. The molecule has 1 saturated heterocycles. The maximum atomic E-state index is 12.3. The smallest absolute Gasteiger partial charge is 0.410 e. The highest BCUT2D eigenvalue weighted by molar-refractivity contribution is 5.86. The molecular weight excluding hydrogens is 300 g/mol. The van der Waals surface area contributed by atoms with Gasteiger partial charge in [-0.2, -0.15) is 0 Å². The van der Waals surface area contributed by atoms with Crippen molar-refractivity contribution in [1.29, 1.82) is 0 Å². The lowest BCUT2D eigenvalue weighted by atomic mass is 10.1. The molecule has 1 aromatic rings. The van der Waals surface area contributed by atoms with E-state index in [1.165, 1.54) is 17.3 Å². The van der Waals surface area contributed by atoms with Crippen LogP contribution in [0, 0.1) is 0 Å². The number of amides is 1. The number of carbonyl (C=O) groups excluding carboxylic acids is 2. The molecule has 8 nitrogen and oxygen atoms in total. The van der Waals surface area contributed by atoms with E-state index in [2.05, 4.69) is 9.97 Å². The maximum Gasteiger partial charge on any atom is 0.410 e. The first-order valence-corrected chi connectivity index (χ1v) is 7.44. The van der Waals surface area contributed by atoms with E-state index in [1.54, 1.807) is 20.8 Å². The second kappa shape index (κ2) is 6.91. The second-order valence-electron chi connectivity index (χ2n) is 6.32. The first-order valence-electron chi connectivity index (χ1n) is 7.44. The molecule has 0 bridgehead atoms. The summed E-state index contributed by atoms with van der Waals surface area (Å²) in [7, 11) is 0. The minimum atomic E-state index is -0.710. The monoisotopic (exact) mass is 322 g/mol. The number of Topliss-reactive ketones (excluding diaryl/α,β-unsaturated/α-hetero) is 1. The maximum absolute atomic E-state index is 12.3. The highest BCUT2D eigenvalue weighted by atomic mass is 16.6. The fourth-order valence-electron chi connectivity index (χ4n) is 2.13.